The predicted octanol–water partition coefficient (Wildman–Crippen LogP) is 5.86. The highest BCUT2D eigenvalue weighted by Crippen LogP contribution is 2.33. The molecule has 0 bridgehead atoms. The summed E-state index contributed by atoms with van der Waals surface area (Å²) in [6.45, 7) is 4.74. The minimum absolute atomic E-state index is 0.137. The van der Waals surface area contributed by atoms with Gasteiger partial charge in [0.15, 0.2) is 12.4 Å². The number of nitrogens with zero attached hydrogens (tertiary/aromatic N) is 1. The number of esters is 2. The molecule has 9 nitrogen and oxygen atoms in total. The molecule has 1 aliphatic rings. The smallest absolute Gasteiger partial charge is 0.338 e. The van der Waals surface area contributed by atoms with Crippen LogP contribution in [0, 0.1) is 13.8 Å². The van der Waals surface area contributed by atoms with Crippen LogP contribution in [-0.4, -0.2) is 36.1 Å². The molecule has 2 amide bonds. The summed E-state index contributed by atoms with van der Waals surface area (Å²) in [6.07, 6.45) is 0. The molecule has 9 heteroatoms. The molecular weight excluding hydrogens is 538 g/mol. The summed E-state index contributed by atoms with van der Waals surface area (Å²) in [5.41, 5.74) is 3.35. The van der Waals surface area contributed by atoms with E-state index in [-0.39, 0.29) is 27.9 Å². The van der Waals surface area contributed by atoms with Gasteiger partial charge in [0.2, 0.25) is 0 Å². The number of aryl methyl sites for hydroxylation is 2. The molecule has 4 aromatic carbocycles. The first-order valence-electron chi connectivity index (χ1n) is 13.0. The van der Waals surface area contributed by atoms with Crippen molar-refractivity contribution in [1.82, 2.24) is 0 Å². The second-order valence-electron chi connectivity index (χ2n) is 9.67. The standard InChI is InChI=1S/C33H25NO8/c1-19-4-11-26(16-20(19)2)42-27-14-15-28-29(17-27)32(38)34(31(28)37)24-9-5-23(6-10-24)33(39)40-18-30(36)22-7-12-25(13-8-22)41-21(3)35/h4-17H,18H2,1-3H3. The first-order valence-corrected chi connectivity index (χ1v) is 13.0. The van der Waals surface area contributed by atoms with Crippen molar-refractivity contribution in [1.29, 1.82) is 0 Å². The van der Waals surface area contributed by atoms with Gasteiger partial charge >= 0.3 is 11.9 Å². The Bertz CT molecular complexity index is 1740. The number of carbonyl (C=O) groups is 5. The molecule has 0 saturated carbocycles. The van der Waals surface area contributed by atoms with Crippen LogP contribution in [0.2, 0.25) is 0 Å². The molecule has 1 heterocycles. The number of ketones is 1. The lowest BCUT2D eigenvalue weighted by molar-refractivity contribution is -0.131. The molecule has 0 fully saturated rings. The summed E-state index contributed by atoms with van der Waals surface area (Å²) in [5, 5.41) is 0. The van der Waals surface area contributed by atoms with Gasteiger partial charge in [0.1, 0.15) is 17.2 Å². The van der Waals surface area contributed by atoms with Crippen molar-refractivity contribution in [3.05, 3.63) is 118 Å². The van der Waals surface area contributed by atoms with Crippen molar-refractivity contribution in [2.45, 2.75) is 20.8 Å². The highest BCUT2D eigenvalue weighted by atomic mass is 16.5. The Morgan fingerprint density at radius 3 is 1.93 bits per heavy atom. The monoisotopic (exact) mass is 563 g/mol. The molecule has 0 N–H and O–H groups in total. The van der Waals surface area contributed by atoms with Gasteiger partial charge in [-0.15, -0.1) is 0 Å². The van der Waals surface area contributed by atoms with E-state index in [1.807, 2.05) is 32.0 Å². The molecular formula is C33H25NO8. The van der Waals surface area contributed by atoms with Crippen molar-refractivity contribution in [2.75, 3.05) is 11.5 Å². The second-order valence-corrected chi connectivity index (χ2v) is 9.67. The van der Waals surface area contributed by atoms with Gasteiger partial charge in [-0.05, 0) is 104 Å². The third kappa shape index (κ3) is 5.80. The molecule has 0 aliphatic carbocycles. The van der Waals surface area contributed by atoms with E-state index in [4.69, 9.17) is 14.2 Å². The van der Waals surface area contributed by atoms with Gasteiger partial charge < -0.3 is 14.2 Å². The summed E-state index contributed by atoms with van der Waals surface area (Å²) < 4.78 is 16.0. The van der Waals surface area contributed by atoms with E-state index in [9.17, 15) is 24.0 Å². The highest BCUT2D eigenvalue weighted by Gasteiger charge is 2.37. The van der Waals surface area contributed by atoms with Crippen LogP contribution in [0.4, 0.5) is 5.69 Å². The van der Waals surface area contributed by atoms with Crippen LogP contribution in [0.3, 0.4) is 0 Å². The first kappa shape index (κ1) is 28.0. The van der Waals surface area contributed by atoms with E-state index < -0.39 is 36.1 Å². The summed E-state index contributed by atoms with van der Waals surface area (Å²) >= 11 is 0. The number of carbonyl (C=O) groups excluding carboxylic acids is 5. The lowest BCUT2D eigenvalue weighted by Crippen LogP contribution is -2.29. The van der Waals surface area contributed by atoms with Gasteiger partial charge in [0, 0.05) is 12.5 Å². The van der Waals surface area contributed by atoms with Gasteiger partial charge in [0.05, 0.1) is 22.4 Å². The zero-order valence-electron chi connectivity index (χ0n) is 23.0. The summed E-state index contributed by atoms with van der Waals surface area (Å²) in [7, 11) is 0. The Labute approximate surface area is 241 Å². The molecule has 1 aliphatic heterocycles. The molecule has 0 spiro atoms. The maximum Gasteiger partial charge on any atom is 0.338 e. The maximum atomic E-state index is 13.2. The molecule has 210 valence electrons. The average Bonchev–Trinajstić information content (AvgIpc) is 3.22. The summed E-state index contributed by atoms with van der Waals surface area (Å²) in [6, 6.07) is 22.0. The predicted molar refractivity (Wildman–Crippen MR) is 152 cm³/mol. The minimum Gasteiger partial charge on any atom is -0.457 e. The lowest BCUT2D eigenvalue weighted by Gasteiger charge is -2.14. The van der Waals surface area contributed by atoms with Crippen LogP contribution in [0.15, 0.2) is 84.9 Å². The Morgan fingerprint density at radius 1 is 0.667 bits per heavy atom. The fraction of sp³-hybridized carbons (Fsp3) is 0.121. The van der Waals surface area contributed by atoms with Crippen molar-refractivity contribution in [3.8, 4) is 17.2 Å². The third-order valence-electron chi connectivity index (χ3n) is 6.71. The molecule has 5 rings (SSSR count). The normalized spacial score (nSPS) is 12.1. The SMILES string of the molecule is CC(=O)Oc1ccc(C(=O)COC(=O)c2ccc(N3C(=O)c4ccc(Oc5ccc(C)c(C)c5)cc4C3=O)cc2)cc1. The van der Waals surface area contributed by atoms with E-state index in [1.165, 1.54) is 61.5 Å². The molecule has 0 unspecified atom stereocenters. The Kier molecular flexibility index (Phi) is 7.66. The zero-order valence-corrected chi connectivity index (χ0v) is 23.0. The Morgan fingerprint density at radius 2 is 1.26 bits per heavy atom. The third-order valence-corrected chi connectivity index (χ3v) is 6.71. The molecule has 42 heavy (non-hydrogen) atoms. The van der Waals surface area contributed by atoms with Crippen molar-refractivity contribution in [2.24, 2.45) is 0 Å². The molecule has 0 radical (unpaired) electrons. The highest BCUT2D eigenvalue weighted by molar-refractivity contribution is 6.34. The fourth-order valence-corrected chi connectivity index (χ4v) is 4.35. The summed E-state index contributed by atoms with van der Waals surface area (Å²) in [5.74, 6) is -1.34. The number of hydrogen-bond donors (Lipinski definition) is 0. The lowest BCUT2D eigenvalue weighted by atomic mass is 10.1. The number of imide groups is 1. The van der Waals surface area contributed by atoms with Gasteiger partial charge in [-0.1, -0.05) is 6.07 Å². The van der Waals surface area contributed by atoms with Crippen molar-refractivity contribution < 1.29 is 38.2 Å². The van der Waals surface area contributed by atoms with Crippen molar-refractivity contribution in [3.63, 3.8) is 0 Å². The Hall–Kier alpha value is -5.57. The number of rotatable bonds is 8. The number of ether oxygens (including phenoxy) is 3. The van der Waals surface area contributed by atoms with E-state index in [0.29, 0.717) is 17.2 Å². The number of anilines is 1. The van der Waals surface area contributed by atoms with Crippen LogP contribution >= 0.6 is 0 Å². The van der Waals surface area contributed by atoms with E-state index >= 15 is 0 Å². The van der Waals surface area contributed by atoms with Crippen LogP contribution in [0.1, 0.15) is 59.5 Å². The van der Waals surface area contributed by atoms with Gasteiger partial charge in [-0.3, -0.25) is 19.2 Å². The fourth-order valence-electron chi connectivity index (χ4n) is 4.35. The van der Waals surface area contributed by atoms with Crippen molar-refractivity contribution >= 4 is 35.2 Å². The number of Topliss-reactive ketones (excluding diaryl/α,β-unsaturated/α-hetero) is 1. The largest absolute Gasteiger partial charge is 0.457 e. The quantitative estimate of drug-likeness (QED) is 0.113. The van der Waals surface area contributed by atoms with Crippen LogP contribution in [0.5, 0.6) is 17.2 Å². The Balaban J connectivity index is 1.23. The van der Waals surface area contributed by atoms with Gasteiger partial charge in [0.25, 0.3) is 11.8 Å². The molecule has 0 aromatic heterocycles. The zero-order chi connectivity index (χ0) is 30.0. The molecule has 4 aromatic rings. The van der Waals surface area contributed by atoms with E-state index in [1.54, 1.807) is 12.1 Å². The number of benzene rings is 4. The topological polar surface area (TPSA) is 116 Å². The number of amides is 2. The second kappa shape index (κ2) is 11.5. The molecule has 0 saturated heterocycles. The minimum atomic E-state index is -0.748. The van der Waals surface area contributed by atoms with Crippen LogP contribution in [0.25, 0.3) is 0 Å². The van der Waals surface area contributed by atoms with E-state index in [2.05, 4.69) is 0 Å². The number of hydrogen-bond acceptors (Lipinski definition) is 8. The average molecular weight is 564 g/mol. The summed E-state index contributed by atoms with van der Waals surface area (Å²) in [4.78, 5) is 63.3. The van der Waals surface area contributed by atoms with Gasteiger partial charge in [-0.25, -0.2) is 9.69 Å². The van der Waals surface area contributed by atoms with E-state index in [0.717, 1.165) is 16.0 Å². The molecule has 0 atom stereocenters. The maximum absolute atomic E-state index is 13.2. The van der Waals surface area contributed by atoms with Crippen LogP contribution < -0.4 is 14.4 Å². The van der Waals surface area contributed by atoms with Gasteiger partial charge in [-0.2, -0.15) is 0 Å². The first-order chi connectivity index (χ1) is 20.1. The van der Waals surface area contributed by atoms with Crippen LogP contribution in [-0.2, 0) is 9.53 Å². The number of fused-ring (bicyclic) bond motifs is 1.